The molecule has 0 radical (unpaired) electrons. The fourth-order valence-electron chi connectivity index (χ4n) is 2.05. The number of carbonyl (C=O) groups excluding carboxylic acids is 1. The zero-order chi connectivity index (χ0) is 13.8. The van der Waals surface area contributed by atoms with Crippen LogP contribution in [0.1, 0.15) is 24.2 Å². The predicted octanol–water partition coefficient (Wildman–Crippen LogP) is 1.27. The van der Waals surface area contributed by atoms with Crippen LogP contribution < -0.4 is 15.2 Å². The minimum Gasteiger partial charge on any atom is -0.490 e. The summed E-state index contributed by atoms with van der Waals surface area (Å²) in [4.78, 5) is 13.9. The largest absolute Gasteiger partial charge is 0.490 e. The van der Waals surface area contributed by atoms with Gasteiger partial charge in [-0.2, -0.15) is 0 Å². The van der Waals surface area contributed by atoms with Gasteiger partial charge in [0, 0.05) is 24.7 Å². The summed E-state index contributed by atoms with van der Waals surface area (Å²) in [5.74, 6) is 1.27. The number of likely N-dealkylation sites (tertiary alicyclic amines) is 1. The number of nitrogens with zero attached hydrogens (tertiary/aromatic N) is 1. The molecule has 1 heterocycles. The molecule has 0 aromatic heterocycles. The lowest BCUT2D eigenvalue weighted by Crippen LogP contribution is -2.57. The third-order valence-corrected chi connectivity index (χ3v) is 2.99. The third kappa shape index (κ3) is 2.98. The van der Waals surface area contributed by atoms with Crippen molar-refractivity contribution < 1.29 is 14.3 Å². The van der Waals surface area contributed by atoms with E-state index in [0.717, 1.165) is 0 Å². The highest BCUT2D eigenvalue weighted by Crippen LogP contribution is 2.29. The normalized spacial score (nSPS) is 15.0. The topological polar surface area (TPSA) is 64.8 Å². The van der Waals surface area contributed by atoms with E-state index in [1.54, 1.807) is 23.1 Å². The van der Waals surface area contributed by atoms with Crippen LogP contribution in [0.4, 0.5) is 0 Å². The molecule has 1 aliphatic rings. The summed E-state index contributed by atoms with van der Waals surface area (Å²) in [5, 5.41) is 0. The highest BCUT2D eigenvalue weighted by atomic mass is 16.5. The van der Waals surface area contributed by atoms with Crippen LogP contribution in [0.2, 0.25) is 0 Å². The third-order valence-electron chi connectivity index (χ3n) is 2.99. The van der Waals surface area contributed by atoms with Gasteiger partial charge in [-0.3, -0.25) is 4.79 Å². The van der Waals surface area contributed by atoms with Crippen molar-refractivity contribution in [3.8, 4) is 11.5 Å². The number of hydrogen-bond donors (Lipinski definition) is 1. The van der Waals surface area contributed by atoms with Gasteiger partial charge in [0.05, 0.1) is 13.2 Å². The van der Waals surface area contributed by atoms with Crippen molar-refractivity contribution in [2.24, 2.45) is 5.73 Å². The lowest BCUT2D eigenvalue weighted by molar-refractivity contribution is 0.0607. The molecule has 1 amide bonds. The van der Waals surface area contributed by atoms with E-state index in [9.17, 15) is 4.79 Å². The monoisotopic (exact) mass is 264 g/mol. The van der Waals surface area contributed by atoms with Crippen molar-refractivity contribution in [2.45, 2.75) is 19.9 Å². The predicted molar refractivity (Wildman–Crippen MR) is 72.7 cm³/mol. The van der Waals surface area contributed by atoms with Crippen molar-refractivity contribution in [3.63, 3.8) is 0 Å². The molecule has 0 bridgehead atoms. The molecule has 1 aliphatic heterocycles. The molecule has 19 heavy (non-hydrogen) atoms. The van der Waals surface area contributed by atoms with Crippen LogP contribution in [0.5, 0.6) is 11.5 Å². The van der Waals surface area contributed by atoms with Gasteiger partial charge in [0.1, 0.15) is 0 Å². The quantitative estimate of drug-likeness (QED) is 0.869. The van der Waals surface area contributed by atoms with E-state index in [4.69, 9.17) is 15.2 Å². The summed E-state index contributed by atoms with van der Waals surface area (Å²) >= 11 is 0. The molecule has 0 saturated carbocycles. The number of ether oxygens (including phenoxy) is 2. The van der Waals surface area contributed by atoms with Crippen LogP contribution in [-0.2, 0) is 0 Å². The van der Waals surface area contributed by atoms with Crippen molar-refractivity contribution in [1.29, 1.82) is 0 Å². The Bertz CT molecular complexity index is 456. The number of rotatable bonds is 5. The summed E-state index contributed by atoms with van der Waals surface area (Å²) in [5.41, 5.74) is 6.30. The van der Waals surface area contributed by atoms with Crippen LogP contribution in [0.25, 0.3) is 0 Å². The Balaban J connectivity index is 2.17. The van der Waals surface area contributed by atoms with Crippen molar-refractivity contribution in [1.82, 2.24) is 4.90 Å². The molecular formula is C14H20N2O3. The molecular weight excluding hydrogens is 244 g/mol. The summed E-state index contributed by atoms with van der Waals surface area (Å²) in [6.45, 7) is 6.15. The Hall–Kier alpha value is -1.75. The average Bonchev–Trinajstić information content (AvgIpc) is 2.37. The maximum absolute atomic E-state index is 12.2. The molecule has 2 N–H and O–H groups in total. The van der Waals surface area contributed by atoms with E-state index in [-0.39, 0.29) is 11.9 Å². The molecule has 0 unspecified atom stereocenters. The first-order chi connectivity index (χ1) is 9.15. The van der Waals surface area contributed by atoms with Crippen LogP contribution in [0.3, 0.4) is 0 Å². The number of amides is 1. The standard InChI is InChI=1S/C14H20N2O3/c1-3-18-12-6-5-10(7-13(12)19-4-2)14(17)16-8-11(15)9-16/h5-7,11H,3-4,8-9,15H2,1-2H3. The van der Waals surface area contributed by atoms with E-state index in [0.29, 0.717) is 43.4 Å². The Morgan fingerprint density at radius 1 is 1.26 bits per heavy atom. The van der Waals surface area contributed by atoms with E-state index in [1.807, 2.05) is 13.8 Å². The van der Waals surface area contributed by atoms with Gasteiger partial charge in [-0.25, -0.2) is 0 Å². The molecule has 1 saturated heterocycles. The Labute approximate surface area is 113 Å². The molecule has 0 spiro atoms. The first-order valence-corrected chi connectivity index (χ1v) is 6.60. The first kappa shape index (κ1) is 13.7. The highest BCUT2D eigenvalue weighted by Gasteiger charge is 2.28. The van der Waals surface area contributed by atoms with Gasteiger partial charge in [0.2, 0.25) is 0 Å². The maximum Gasteiger partial charge on any atom is 0.254 e. The van der Waals surface area contributed by atoms with Gasteiger partial charge < -0.3 is 20.1 Å². The summed E-state index contributed by atoms with van der Waals surface area (Å²) in [6.07, 6.45) is 0. The molecule has 5 heteroatoms. The Morgan fingerprint density at radius 2 is 1.89 bits per heavy atom. The van der Waals surface area contributed by atoms with Gasteiger partial charge in [-0.05, 0) is 32.0 Å². The SMILES string of the molecule is CCOc1ccc(C(=O)N2CC(N)C2)cc1OCC. The van der Waals surface area contributed by atoms with E-state index < -0.39 is 0 Å². The molecule has 1 aromatic rings. The summed E-state index contributed by atoms with van der Waals surface area (Å²) in [7, 11) is 0. The van der Waals surface area contributed by atoms with Gasteiger partial charge in [-0.15, -0.1) is 0 Å². The smallest absolute Gasteiger partial charge is 0.254 e. The highest BCUT2D eigenvalue weighted by molar-refractivity contribution is 5.95. The number of carbonyl (C=O) groups is 1. The zero-order valence-electron chi connectivity index (χ0n) is 11.4. The fraction of sp³-hybridized carbons (Fsp3) is 0.500. The lowest BCUT2D eigenvalue weighted by atomic mass is 10.1. The minimum absolute atomic E-state index is 0.00861. The van der Waals surface area contributed by atoms with Crippen LogP contribution >= 0.6 is 0 Å². The van der Waals surface area contributed by atoms with Crippen molar-refractivity contribution >= 4 is 5.91 Å². The molecule has 104 valence electrons. The molecule has 1 fully saturated rings. The van der Waals surface area contributed by atoms with Crippen LogP contribution in [0.15, 0.2) is 18.2 Å². The van der Waals surface area contributed by atoms with Gasteiger partial charge in [-0.1, -0.05) is 0 Å². The van der Waals surface area contributed by atoms with Crippen LogP contribution in [0, 0.1) is 0 Å². The van der Waals surface area contributed by atoms with Crippen molar-refractivity contribution in [2.75, 3.05) is 26.3 Å². The number of nitrogens with two attached hydrogens (primary N) is 1. The van der Waals surface area contributed by atoms with Crippen molar-refractivity contribution in [3.05, 3.63) is 23.8 Å². The lowest BCUT2D eigenvalue weighted by Gasteiger charge is -2.36. The molecule has 0 aliphatic carbocycles. The second-order valence-corrected chi connectivity index (χ2v) is 4.50. The Morgan fingerprint density at radius 3 is 2.47 bits per heavy atom. The van der Waals surface area contributed by atoms with Gasteiger partial charge >= 0.3 is 0 Å². The summed E-state index contributed by atoms with van der Waals surface area (Å²) < 4.78 is 11.0. The van der Waals surface area contributed by atoms with Gasteiger partial charge in [0.15, 0.2) is 11.5 Å². The molecule has 0 atom stereocenters. The molecule has 5 nitrogen and oxygen atoms in total. The van der Waals surface area contributed by atoms with Crippen LogP contribution in [-0.4, -0.2) is 43.2 Å². The first-order valence-electron chi connectivity index (χ1n) is 6.60. The number of benzene rings is 1. The average molecular weight is 264 g/mol. The molecule has 1 aromatic carbocycles. The molecule has 2 rings (SSSR count). The van der Waals surface area contributed by atoms with E-state index in [1.165, 1.54) is 0 Å². The maximum atomic E-state index is 12.2. The van der Waals surface area contributed by atoms with E-state index in [2.05, 4.69) is 0 Å². The summed E-state index contributed by atoms with van der Waals surface area (Å²) in [6, 6.07) is 5.39. The zero-order valence-corrected chi connectivity index (χ0v) is 11.4. The minimum atomic E-state index is -0.00861. The van der Waals surface area contributed by atoms with Gasteiger partial charge in [0.25, 0.3) is 5.91 Å². The Kier molecular flexibility index (Phi) is 4.27. The fourth-order valence-corrected chi connectivity index (χ4v) is 2.05. The number of hydrogen-bond acceptors (Lipinski definition) is 4. The second kappa shape index (κ2) is 5.93. The second-order valence-electron chi connectivity index (χ2n) is 4.50. The van der Waals surface area contributed by atoms with E-state index >= 15 is 0 Å².